The van der Waals surface area contributed by atoms with Crippen LogP contribution in [0, 0.1) is 13.8 Å². The standard InChI is InChI=1S/C25H31N7O/c1-19-15-20(2)32(28-19)24(18-33)30-13-11-29(12-14-30)23-8-4-3-7-22(23)21-16-26-25(27-17-21)31-9-5-6-10-31/h3-4,7-8,15-18,24H,5-6,9-14H2,1-2H3. The van der Waals surface area contributed by atoms with E-state index in [1.54, 1.807) is 0 Å². The Hall–Kier alpha value is -3.26. The number of carbonyl (C=O) groups is 1. The summed E-state index contributed by atoms with van der Waals surface area (Å²) in [6.07, 6.45) is 6.96. The average Bonchev–Trinajstić information content (AvgIpc) is 3.50. The Balaban J connectivity index is 1.31. The number of hydrogen-bond acceptors (Lipinski definition) is 7. The molecule has 0 aliphatic carbocycles. The van der Waals surface area contributed by atoms with E-state index in [1.165, 1.54) is 18.5 Å². The van der Waals surface area contributed by atoms with Gasteiger partial charge >= 0.3 is 0 Å². The lowest BCUT2D eigenvalue weighted by Gasteiger charge is -2.39. The van der Waals surface area contributed by atoms with Crippen LogP contribution in [0.2, 0.25) is 0 Å². The molecule has 0 radical (unpaired) electrons. The van der Waals surface area contributed by atoms with Crippen molar-refractivity contribution in [1.29, 1.82) is 0 Å². The summed E-state index contributed by atoms with van der Waals surface area (Å²) in [5.41, 5.74) is 5.30. The van der Waals surface area contributed by atoms with Gasteiger partial charge in [0.2, 0.25) is 5.95 Å². The summed E-state index contributed by atoms with van der Waals surface area (Å²) in [4.78, 5) is 28.1. The van der Waals surface area contributed by atoms with Crippen molar-refractivity contribution in [2.45, 2.75) is 32.9 Å². The highest BCUT2D eigenvalue weighted by Crippen LogP contribution is 2.32. The maximum atomic E-state index is 11.9. The minimum absolute atomic E-state index is 0.359. The first-order chi connectivity index (χ1) is 16.1. The third kappa shape index (κ3) is 4.35. The maximum absolute atomic E-state index is 11.9. The van der Waals surface area contributed by atoms with E-state index in [1.807, 2.05) is 37.0 Å². The van der Waals surface area contributed by atoms with Crippen LogP contribution in [-0.4, -0.2) is 70.2 Å². The first-order valence-electron chi connectivity index (χ1n) is 11.8. The molecule has 5 rings (SSSR count). The van der Waals surface area contributed by atoms with Crippen molar-refractivity contribution < 1.29 is 4.79 Å². The number of benzene rings is 1. The van der Waals surface area contributed by atoms with Crippen molar-refractivity contribution in [2.75, 3.05) is 49.1 Å². The second-order valence-corrected chi connectivity index (χ2v) is 8.93. The Morgan fingerprint density at radius 2 is 1.61 bits per heavy atom. The molecular formula is C25H31N7O. The number of anilines is 2. The highest BCUT2D eigenvalue weighted by atomic mass is 16.1. The van der Waals surface area contributed by atoms with E-state index < -0.39 is 0 Å². The molecule has 2 aromatic heterocycles. The summed E-state index contributed by atoms with van der Waals surface area (Å²) in [6, 6.07) is 10.5. The molecule has 2 aliphatic heterocycles. The molecule has 2 fully saturated rings. The second-order valence-electron chi connectivity index (χ2n) is 8.93. The first-order valence-corrected chi connectivity index (χ1v) is 11.8. The molecule has 0 saturated carbocycles. The Bertz CT molecular complexity index is 1100. The summed E-state index contributed by atoms with van der Waals surface area (Å²) in [6.45, 7) is 9.31. The number of aryl methyl sites for hydroxylation is 2. The van der Waals surface area contributed by atoms with Gasteiger partial charge in [0.15, 0.2) is 12.5 Å². The number of piperazine rings is 1. The van der Waals surface area contributed by atoms with E-state index in [2.05, 4.69) is 54.0 Å². The number of hydrogen-bond donors (Lipinski definition) is 0. The van der Waals surface area contributed by atoms with Crippen molar-refractivity contribution >= 4 is 17.9 Å². The van der Waals surface area contributed by atoms with Crippen LogP contribution in [0.3, 0.4) is 0 Å². The molecule has 0 spiro atoms. The molecule has 172 valence electrons. The third-order valence-corrected chi connectivity index (χ3v) is 6.69. The molecular weight excluding hydrogens is 414 g/mol. The SMILES string of the molecule is Cc1cc(C)n(C(C=O)N2CCN(c3ccccc3-c3cnc(N4CCCC4)nc3)CC2)n1. The predicted octanol–water partition coefficient (Wildman–Crippen LogP) is 3.08. The Morgan fingerprint density at radius 3 is 2.24 bits per heavy atom. The lowest BCUT2D eigenvalue weighted by atomic mass is 10.1. The van der Waals surface area contributed by atoms with Gasteiger partial charge in [-0.25, -0.2) is 14.6 Å². The molecule has 4 heterocycles. The van der Waals surface area contributed by atoms with Gasteiger partial charge < -0.3 is 9.80 Å². The van der Waals surface area contributed by atoms with Crippen LogP contribution in [0.4, 0.5) is 11.6 Å². The highest BCUT2D eigenvalue weighted by Gasteiger charge is 2.27. The number of aromatic nitrogens is 4. The smallest absolute Gasteiger partial charge is 0.225 e. The molecule has 1 aromatic carbocycles. The quantitative estimate of drug-likeness (QED) is 0.540. The fraction of sp³-hybridized carbons (Fsp3) is 0.440. The molecule has 8 nitrogen and oxygen atoms in total. The van der Waals surface area contributed by atoms with Gasteiger partial charge in [-0.05, 0) is 38.8 Å². The van der Waals surface area contributed by atoms with E-state index in [9.17, 15) is 4.79 Å². The summed E-state index contributed by atoms with van der Waals surface area (Å²) in [5.74, 6) is 0.825. The molecule has 2 saturated heterocycles. The Labute approximate surface area is 194 Å². The molecule has 0 bridgehead atoms. The Kier molecular flexibility index (Phi) is 6.09. The fourth-order valence-corrected chi connectivity index (χ4v) is 4.97. The largest absolute Gasteiger partial charge is 0.368 e. The van der Waals surface area contributed by atoms with E-state index in [-0.39, 0.29) is 6.17 Å². The number of nitrogens with zero attached hydrogens (tertiary/aromatic N) is 7. The van der Waals surface area contributed by atoms with Crippen molar-refractivity contribution in [3.05, 3.63) is 54.1 Å². The van der Waals surface area contributed by atoms with Crippen LogP contribution in [0.5, 0.6) is 0 Å². The van der Waals surface area contributed by atoms with Crippen LogP contribution >= 0.6 is 0 Å². The van der Waals surface area contributed by atoms with E-state index in [4.69, 9.17) is 0 Å². The monoisotopic (exact) mass is 445 g/mol. The van der Waals surface area contributed by atoms with Gasteiger partial charge in [-0.1, -0.05) is 18.2 Å². The van der Waals surface area contributed by atoms with Gasteiger partial charge in [-0.3, -0.25) is 9.69 Å². The number of carbonyl (C=O) groups excluding carboxylic acids is 1. The molecule has 1 unspecified atom stereocenters. The maximum Gasteiger partial charge on any atom is 0.225 e. The zero-order chi connectivity index (χ0) is 22.8. The molecule has 0 amide bonds. The summed E-state index contributed by atoms with van der Waals surface area (Å²) < 4.78 is 1.84. The Morgan fingerprint density at radius 1 is 0.909 bits per heavy atom. The first kappa shape index (κ1) is 21.6. The predicted molar refractivity (Wildman–Crippen MR) is 130 cm³/mol. The average molecular weight is 446 g/mol. The second kappa shape index (κ2) is 9.31. The van der Waals surface area contributed by atoms with E-state index >= 15 is 0 Å². The summed E-state index contributed by atoms with van der Waals surface area (Å²) in [7, 11) is 0. The van der Waals surface area contributed by atoms with Crippen LogP contribution in [0.1, 0.15) is 30.4 Å². The zero-order valence-electron chi connectivity index (χ0n) is 19.4. The minimum atomic E-state index is -0.359. The lowest BCUT2D eigenvalue weighted by molar-refractivity contribution is -0.116. The minimum Gasteiger partial charge on any atom is -0.368 e. The van der Waals surface area contributed by atoms with Gasteiger partial charge in [-0.15, -0.1) is 0 Å². The van der Waals surface area contributed by atoms with E-state index in [0.717, 1.165) is 74.0 Å². The molecule has 1 atom stereocenters. The van der Waals surface area contributed by atoms with Crippen molar-refractivity contribution in [3.63, 3.8) is 0 Å². The van der Waals surface area contributed by atoms with Crippen LogP contribution in [0.15, 0.2) is 42.7 Å². The molecule has 8 heteroatoms. The number of para-hydroxylation sites is 1. The van der Waals surface area contributed by atoms with Crippen molar-refractivity contribution in [2.24, 2.45) is 0 Å². The number of aldehydes is 1. The van der Waals surface area contributed by atoms with Gasteiger partial charge in [0.1, 0.15) is 0 Å². The molecule has 0 N–H and O–H groups in total. The lowest BCUT2D eigenvalue weighted by Crippen LogP contribution is -2.49. The summed E-state index contributed by atoms with van der Waals surface area (Å²) in [5, 5.41) is 4.54. The van der Waals surface area contributed by atoms with Crippen LogP contribution < -0.4 is 9.80 Å². The third-order valence-electron chi connectivity index (χ3n) is 6.69. The molecule has 3 aromatic rings. The van der Waals surface area contributed by atoms with Gasteiger partial charge in [-0.2, -0.15) is 5.10 Å². The van der Waals surface area contributed by atoms with Gasteiger partial charge in [0, 0.05) is 74.2 Å². The van der Waals surface area contributed by atoms with Crippen LogP contribution in [-0.2, 0) is 4.79 Å². The van der Waals surface area contributed by atoms with Gasteiger partial charge in [0.05, 0.1) is 5.69 Å². The van der Waals surface area contributed by atoms with Crippen molar-refractivity contribution in [3.8, 4) is 11.1 Å². The van der Waals surface area contributed by atoms with Crippen LogP contribution in [0.25, 0.3) is 11.1 Å². The molecule has 2 aliphatic rings. The van der Waals surface area contributed by atoms with Crippen molar-refractivity contribution in [1.82, 2.24) is 24.6 Å². The highest BCUT2D eigenvalue weighted by molar-refractivity contribution is 5.78. The number of rotatable bonds is 6. The van der Waals surface area contributed by atoms with E-state index in [0.29, 0.717) is 0 Å². The fourth-order valence-electron chi connectivity index (χ4n) is 4.97. The normalized spacial score (nSPS) is 18.0. The topological polar surface area (TPSA) is 70.4 Å². The zero-order valence-corrected chi connectivity index (χ0v) is 19.4. The summed E-state index contributed by atoms with van der Waals surface area (Å²) >= 11 is 0. The van der Waals surface area contributed by atoms with Gasteiger partial charge in [0.25, 0.3) is 0 Å². The molecule has 33 heavy (non-hydrogen) atoms.